The lowest BCUT2D eigenvalue weighted by Crippen LogP contribution is -2.02. The molecule has 0 spiro atoms. The molecule has 1 aromatic carbocycles. The summed E-state index contributed by atoms with van der Waals surface area (Å²) in [6.07, 6.45) is 1.69. The van der Waals surface area contributed by atoms with Crippen LogP contribution in [-0.4, -0.2) is 25.6 Å². The zero-order chi connectivity index (χ0) is 11.5. The Kier molecular flexibility index (Phi) is 3.47. The largest absolute Gasteiger partial charge is 0.411 e. The van der Waals surface area contributed by atoms with Crippen LogP contribution in [0.5, 0.6) is 0 Å². The van der Waals surface area contributed by atoms with Crippen molar-refractivity contribution < 1.29 is 13.6 Å². The monoisotopic (exact) mass is 227 g/mol. The van der Waals surface area contributed by atoms with Crippen molar-refractivity contribution in [1.82, 2.24) is 0 Å². The quantitative estimate of drug-likeness (QED) is 0.485. The molecule has 0 unspecified atom stereocenters. The Morgan fingerprint density at radius 2 is 2.13 bits per heavy atom. The zero-order valence-electron chi connectivity index (χ0n) is 8.64. The maximum atomic E-state index is 11.3. The van der Waals surface area contributed by atoms with E-state index >= 15 is 0 Å². The first-order valence-electron chi connectivity index (χ1n) is 4.50. The van der Waals surface area contributed by atoms with E-state index < -0.39 is 9.84 Å². The number of nitrogens with zero attached hydrogens (tertiary/aromatic N) is 1. The van der Waals surface area contributed by atoms with Crippen LogP contribution in [-0.2, 0) is 9.84 Å². The molecule has 0 aromatic heterocycles. The third kappa shape index (κ3) is 2.79. The molecule has 0 aliphatic heterocycles. The highest BCUT2D eigenvalue weighted by Crippen LogP contribution is 2.13. The second-order valence-corrected chi connectivity index (χ2v) is 5.22. The predicted molar refractivity (Wildman–Crippen MR) is 58.2 cm³/mol. The summed E-state index contributed by atoms with van der Waals surface area (Å²) >= 11 is 0. The van der Waals surface area contributed by atoms with Crippen LogP contribution in [0.1, 0.15) is 18.9 Å². The van der Waals surface area contributed by atoms with Gasteiger partial charge >= 0.3 is 0 Å². The number of benzene rings is 1. The molecule has 0 amide bonds. The molecule has 0 heterocycles. The van der Waals surface area contributed by atoms with E-state index in [0.29, 0.717) is 17.7 Å². The lowest BCUT2D eigenvalue weighted by Gasteiger charge is -2.03. The van der Waals surface area contributed by atoms with E-state index in [0.717, 1.165) is 6.26 Å². The van der Waals surface area contributed by atoms with Gasteiger partial charge in [0.2, 0.25) is 0 Å². The summed E-state index contributed by atoms with van der Waals surface area (Å²) in [5, 5.41) is 11.8. The van der Waals surface area contributed by atoms with Crippen molar-refractivity contribution in [3.8, 4) is 0 Å². The molecule has 0 aliphatic rings. The highest BCUT2D eigenvalue weighted by atomic mass is 32.2. The van der Waals surface area contributed by atoms with Gasteiger partial charge in [-0.2, -0.15) is 0 Å². The number of sulfone groups is 1. The smallest absolute Gasteiger partial charge is 0.175 e. The molecule has 0 saturated carbocycles. The summed E-state index contributed by atoms with van der Waals surface area (Å²) in [4.78, 5) is 0.231. The Balaban J connectivity index is 3.25. The van der Waals surface area contributed by atoms with Crippen LogP contribution in [0.3, 0.4) is 0 Å². The summed E-state index contributed by atoms with van der Waals surface area (Å²) in [7, 11) is -3.21. The molecule has 82 valence electrons. The van der Waals surface area contributed by atoms with Gasteiger partial charge in [0.15, 0.2) is 9.84 Å². The van der Waals surface area contributed by atoms with Gasteiger partial charge in [-0.25, -0.2) is 8.42 Å². The van der Waals surface area contributed by atoms with Gasteiger partial charge in [-0.3, -0.25) is 0 Å². The molecule has 1 rings (SSSR count). The summed E-state index contributed by atoms with van der Waals surface area (Å²) in [5.74, 6) is 0. The minimum atomic E-state index is -3.21. The van der Waals surface area contributed by atoms with Crippen molar-refractivity contribution in [2.75, 3.05) is 6.26 Å². The predicted octanol–water partition coefficient (Wildman–Crippen LogP) is 1.68. The second kappa shape index (κ2) is 4.44. The Hall–Kier alpha value is -1.36. The van der Waals surface area contributed by atoms with Crippen LogP contribution in [0.15, 0.2) is 34.3 Å². The molecule has 0 aliphatic carbocycles. The SMILES string of the molecule is CCC(=NO)c1cccc(S(C)(=O)=O)c1. The van der Waals surface area contributed by atoms with Crippen LogP contribution < -0.4 is 0 Å². The summed E-state index contributed by atoms with van der Waals surface area (Å²) in [5.41, 5.74) is 1.10. The van der Waals surface area contributed by atoms with Crippen molar-refractivity contribution in [3.63, 3.8) is 0 Å². The summed E-state index contributed by atoms with van der Waals surface area (Å²) in [6, 6.07) is 6.37. The Morgan fingerprint density at radius 1 is 1.47 bits per heavy atom. The topological polar surface area (TPSA) is 66.7 Å². The van der Waals surface area contributed by atoms with Crippen LogP contribution in [0.2, 0.25) is 0 Å². The van der Waals surface area contributed by atoms with Crippen molar-refractivity contribution in [3.05, 3.63) is 29.8 Å². The lowest BCUT2D eigenvalue weighted by molar-refractivity contribution is 0.318. The highest BCUT2D eigenvalue weighted by molar-refractivity contribution is 7.90. The van der Waals surface area contributed by atoms with Gasteiger partial charge in [-0.05, 0) is 18.6 Å². The number of rotatable bonds is 3. The maximum absolute atomic E-state index is 11.3. The third-order valence-electron chi connectivity index (χ3n) is 2.05. The van der Waals surface area contributed by atoms with E-state index in [9.17, 15) is 8.42 Å². The molecule has 1 aromatic rings. The Labute approximate surface area is 89.2 Å². The van der Waals surface area contributed by atoms with E-state index in [4.69, 9.17) is 5.21 Å². The molecule has 15 heavy (non-hydrogen) atoms. The van der Waals surface area contributed by atoms with Crippen molar-refractivity contribution in [1.29, 1.82) is 0 Å². The molecular weight excluding hydrogens is 214 g/mol. The van der Waals surface area contributed by atoms with Crippen molar-refractivity contribution in [2.24, 2.45) is 5.16 Å². The van der Waals surface area contributed by atoms with Gasteiger partial charge in [0.05, 0.1) is 10.6 Å². The fraction of sp³-hybridized carbons (Fsp3) is 0.300. The minimum Gasteiger partial charge on any atom is -0.411 e. The first-order valence-corrected chi connectivity index (χ1v) is 6.39. The first-order chi connectivity index (χ1) is 6.99. The molecule has 1 N–H and O–H groups in total. The van der Waals surface area contributed by atoms with Crippen LogP contribution in [0.4, 0.5) is 0 Å². The van der Waals surface area contributed by atoms with Gasteiger partial charge in [-0.15, -0.1) is 0 Å². The van der Waals surface area contributed by atoms with E-state index in [1.165, 1.54) is 12.1 Å². The lowest BCUT2D eigenvalue weighted by atomic mass is 10.1. The second-order valence-electron chi connectivity index (χ2n) is 3.20. The van der Waals surface area contributed by atoms with Gasteiger partial charge in [0, 0.05) is 11.8 Å². The molecule has 0 fully saturated rings. The first kappa shape index (κ1) is 11.7. The van der Waals surface area contributed by atoms with Gasteiger partial charge < -0.3 is 5.21 Å². The van der Waals surface area contributed by atoms with Crippen LogP contribution in [0, 0.1) is 0 Å². The maximum Gasteiger partial charge on any atom is 0.175 e. The molecule has 0 radical (unpaired) electrons. The van der Waals surface area contributed by atoms with Gasteiger partial charge in [0.25, 0.3) is 0 Å². The zero-order valence-corrected chi connectivity index (χ0v) is 9.45. The van der Waals surface area contributed by atoms with E-state index in [-0.39, 0.29) is 4.90 Å². The van der Waals surface area contributed by atoms with Crippen LogP contribution in [0.25, 0.3) is 0 Å². The van der Waals surface area contributed by atoms with Crippen LogP contribution >= 0.6 is 0 Å². The van der Waals surface area contributed by atoms with Gasteiger partial charge in [0.1, 0.15) is 0 Å². The third-order valence-corrected chi connectivity index (χ3v) is 3.16. The van der Waals surface area contributed by atoms with Crippen molar-refractivity contribution >= 4 is 15.5 Å². The molecule has 4 nitrogen and oxygen atoms in total. The Morgan fingerprint density at radius 3 is 2.60 bits per heavy atom. The fourth-order valence-electron chi connectivity index (χ4n) is 1.24. The number of hydrogen-bond acceptors (Lipinski definition) is 4. The molecule has 0 saturated heterocycles. The molecule has 5 heteroatoms. The molecular formula is C10H13NO3S. The normalized spacial score (nSPS) is 12.8. The number of hydrogen-bond donors (Lipinski definition) is 1. The van der Waals surface area contributed by atoms with Gasteiger partial charge in [-0.1, -0.05) is 24.2 Å². The fourth-order valence-corrected chi connectivity index (χ4v) is 1.91. The Bertz CT molecular complexity index is 477. The minimum absolute atomic E-state index is 0.231. The average Bonchev–Trinajstić information content (AvgIpc) is 2.19. The number of oxime groups is 1. The van der Waals surface area contributed by atoms with E-state index in [1.807, 2.05) is 6.92 Å². The summed E-state index contributed by atoms with van der Waals surface area (Å²) < 4.78 is 22.6. The van der Waals surface area contributed by atoms with E-state index in [1.54, 1.807) is 12.1 Å². The molecule has 0 bridgehead atoms. The van der Waals surface area contributed by atoms with Crippen molar-refractivity contribution in [2.45, 2.75) is 18.2 Å². The van der Waals surface area contributed by atoms with E-state index in [2.05, 4.69) is 5.16 Å². The standard InChI is InChI=1S/C10H13NO3S/c1-3-10(11-12)8-5-4-6-9(7-8)15(2,13)14/h4-7,12H,3H2,1-2H3. The highest BCUT2D eigenvalue weighted by Gasteiger charge is 2.09. The average molecular weight is 227 g/mol. The molecule has 0 atom stereocenters. The summed E-state index contributed by atoms with van der Waals surface area (Å²) in [6.45, 7) is 1.84.